The van der Waals surface area contributed by atoms with Crippen molar-refractivity contribution in [3.63, 3.8) is 0 Å². The summed E-state index contributed by atoms with van der Waals surface area (Å²) in [4.78, 5) is 25.0. The first-order valence-corrected chi connectivity index (χ1v) is 7.83. The summed E-state index contributed by atoms with van der Waals surface area (Å²) in [6.07, 6.45) is 4.64. The number of carbonyl (C=O) groups excluding carboxylic acids is 1. The van der Waals surface area contributed by atoms with Crippen LogP contribution in [0.15, 0.2) is 47.6 Å². The van der Waals surface area contributed by atoms with E-state index in [0.717, 1.165) is 6.08 Å². The van der Waals surface area contributed by atoms with Crippen LogP contribution in [0.1, 0.15) is 6.42 Å². The Morgan fingerprint density at radius 2 is 2.13 bits per heavy atom. The van der Waals surface area contributed by atoms with Crippen molar-refractivity contribution in [3.05, 3.63) is 47.6 Å². The average molecular weight is 358 g/mol. The van der Waals surface area contributed by atoms with Crippen LogP contribution in [-0.4, -0.2) is 53.4 Å². The van der Waals surface area contributed by atoms with Gasteiger partial charge in [-0.25, -0.2) is 9.59 Å². The van der Waals surface area contributed by atoms with Crippen LogP contribution in [0.4, 0.5) is 0 Å². The molecule has 1 rings (SSSR count). The van der Waals surface area contributed by atoms with Crippen molar-refractivity contribution >= 4 is 36.2 Å². The van der Waals surface area contributed by atoms with Gasteiger partial charge in [0.15, 0.2) is 0 Å². The number of allylic oxidation sites excluding steroid dienone is 2. The maximum atomic E-state index is 12.2. The Balaban J connectivity index is 3.23. The highest BCUT2D eigenvalue weighted by Crippen LogP contribution is 2.28. The van der Waals surface area contributed by atoms with Gasteiger partial charge in [0.05, 0.1) is 7.11 Å². The zero-order valence-corrected chi connectivity index (χ0v) is 14.5. The van der Waals surface area contributed by atoms with Gasteiger partial charge in [-0.3, -0.25) is 4.90 Å². The lowest BCUT2D eigenvalue weighted by atomic mass is 9.97. The lowest BCUT2D eigenvalue weighted by Crippen LogP contribution is -2.48. The quantitative estimate of drug-likeness (QED) is 0.331. The molecule has 0 bridgehead atoms. The van der Waals surface area contributed by atoms with Crippen molar-refractivity contribution < 1.29 is 19.4 Å². The van der Waals surface area contributed by atoms with E-state index in [9.17, 15) is 9.59 Å². The van der Waals surface area contributed by atoms with Gasteiger partial charge >= 0.3 is 11.9 Å². The minimum atomic E-state index is -1.04. The molecule has 7 heteroatoms. The van der Waals surface area contributed by atoms with Crippen molar-refractivity contribution in [2.45, 2.75) is 17.7 Å². The number of rotatable bonds is 6. The molecule has 126 valence electrons. The molecule has 2 atom stereocenters. The van der Waals surface area contributed by atoms with Gasteiger partial charge in [0.2, 0.25) is 0 Å². The number of ether oxygens (including phenoxy) is 1. The van der Waals surface area contributed by atoms with Gasteiger partial charge in [-0.05, 0) is 17.6 Å². The zero-order valence-electron chi connectivity index (χ0n) is 12.9. The molecule has 1 aliphatic heterocycles. The molecule has 0 aromatic heterocycles. The van der Waals surface area contributed by atoms with E-state index in [1.54, 1.807) is 4.90 Å². The van der Waals surface area contributed by atoms with Gasteiger partial charge < -0.3 is 9.84 Å². The minimum Gasteiger partial charge on any atom is -0.478 e. The van der Waals surface area contributed by atoms with E-state index in [4.69, 9.17) is 21.4 Å². The number of thiol groups is 1. The fraction of sp³-hybridized carbons (Fsp3) is 0.375. The van der Waals surface area contributed by atoms with E-state index < -0.39 is 18.0 Å². The van der Waals surface area contributed by atoms with Crippen LogP contribution in [0, 0.1) is 0 Å². The second-order valence-electron chi connectivity index (χ2n) is 4.97. The lowest BCUT2D eigenvalue weighted by molar-refractivity contribution is -0.145. The third-order valence-electron chi connectivity index (χ3n) is 3.57. The SMILES string of the molecule is C=C/C(Cl)=C(\C=C)[C@@H](C(=O)OC)N1CCC(S)/C(=C\C(=O)O)C1. The largest absolute Gasteiger partial charge is 0.478 e. The number of likely N-dealkylation sites (tertiary alicyclic amines) is 1. The van der Waals surface area contributed by atoms with Crippen LogP contribution in [0.3, 0.4) is 0 Å². The molecule has 0 saturated carbocycles. The standard InChI is InChI=1S/C16H20ClNO4S/c1-4-11(12(17)5-2)15(16(21)22-3)18-7-6-13(23)10(9-18)8-14(19)20/h4-5,8,13,15,23H,1-2,6-7,9H2,3H3,(H,19,20)/b10-8-,12-11-/t13?,15-/m0/s1. The first-order valence-electron chi connectivity index (χ1n) is 6.93. The maximum absolute atomic E-state index is 12.2. The van der Waals surface area contributed by atoms with E-state index in [1.165, 1.54) is 19.3 Å². The van der Waals surface area contributed by atoms with E-state index in [2.05, 4.69) is 25.8 Å². The number of piperidine rings is 1. The van der Waals surface area contributed by atoms with E-state index in [1.807, 2.05) is 0 Å². The number of hydrogen-bond donors (Lipinski definition) is 2. The first kappa shape index (κ1) is 19.5. The number of esters is 1. The fourth-order valence-corrected chi connectivity index (χ4v) is 2.91. The number of methoxy groups -OCH3 is 1. The van der Waals surface area contributed by atoms with E-state index >= 15 is 0 Å². The molecule has 5 nitrogen and oxygen atoms in total. The Bertz CT molecular complexity index is 570. The summed E-state index contributed by atoms with van der Waals surface area (Å²) in [5.41, 5.74) is 1.10. The van der Waals surface area contributed by atoms with Crippen LogP contribution in [0.25, 0.3) is 0 Å². The number of carbonyl (C=O) groups is 2. The molecule has 0 aromatic rings. The smallest absolute Gasteiger partial charge is 0.328 e. The summed E-state index contributed by atoms with van der Waals surface area (Å²) in [6, 6.07) is -0.777. The molecule has 0 aliphatic carbocycles. The van der Waals surface area contributed by atoms with E-state index in [0.29, 0.717) is 29.1 Å². The molecular weight excluding hydrogens is 338 g/mol. The fourth-order valence-electron chi connectivity index (χ4n) is 2.46. The Hall–Kier alpha value is -1.50. The predicted molar refractivity (Wildman–Crippen MR) is 93.8 cm³/mol. The Morgan fingerprint density at radius 3 is 2.61 bits per heavy atom. The summed E-state index contributed by atoms with van der Waals surface area (Å²) in [7, 11) is 1.29. The summed E-state index contributed by atoms with van der Waals surface area (Å²) in [6.45, 7) is 8.12. The number of hydrogen-bond acceptors (Lipinski definition) is 5. The van der Waals surface area contributed by atoms with Gasteiger partial charge in [0.1, 0.15) is 6.04 Å². The minimum absolute atomic E-state index is 0.160. The molecule has 1 heterocycles. The molecule has 1 saturated heterocycles. The summed E-state index contributed by atoms with van der Waals surface area (Å²) in [5, 5.41) is 9.10. The highest BCUT2D eigenvalue weighted by atomic mass is 35.5. The van der Waals surface area contributed by atoms with Crippen LogP contribution in [-0.2, 0) is 14.3 Å². The van der Waals surface area contributed by atoms with E-state index in [-0.39, 0.29) is 11.8 Å². The first-order chi connectivity index (χ1) is 10.8. The molecule has 0 aromatic carbocycles. The summed E-state index contributed by atoms with van der Waals surface area (Å²) < 4.78 is 4.88. The predicted octanol–water partition coefficient (Wildman–Crippen LogP) is 2.41. The van der Waals surface area contributed by atoms with Crippen LogP contribution >= 0.6 is 24.2 Å². The molecular formula is C16H20ClNO4S. The topological polar surface area (TPSA) is 66.8 Å². The van der Waals surface area contributed by atoms with Crippen LogP contribution in [0.5, 0.6) is 0 Å². The number of carboxylic acids is 1. The number of nitrogens with zero attached hydrogens (tertiary/aromatic N) is 1. The van der Waals surface area contributed by atoms with Gasteiger partial charge in [-0.2, -0.15) is 12.6 Å². The Kier molecular flexibility index (Phi) is 7.61. The highest BCUT2D eigenvalue weighted by molar-refractivity contribution is 7.81. The van der Waals surface area contributed by atoms with Crippen LogP contribution in [0.2, 0.25) is 0 Å². The van der Waals surface area contributed by atoms with Gasteiger partial charge in [0.25, 0.3) is 0 Å². The molecule has 0 spiro atoms. The molecule has 1 aliphatic rings. The third-order valence-corrected chi connectivity index (χ3v) is 4.53. The van der Waals surface area contributed by atoms with Gasteiger partial charge in [-0.15, -0.1) is 0 Å². The summed E-state index contributed by atoms with van der Waals surface area (Å²) >= 11 is 10.5. The Morgan fingerprint density at radius 1 is 1.48 bits per heavy atom. The lowest BCUT2D eigenvalue weighted by Gasteiger charge is -2.37. The number of halogens is 1. The van der Waals surface area contributed by atoms with Crippen molar-refractivity contribution in [3.8, 4) is 0 Å². The summed E-state index contributed by atoms with van der Waals surface area (Å²) in [5.74, 6) is -1.54. The third kappa shape index (κ3) is 4.99. The second-order valence-corrected chi connectivity index (χ2v) is 6.00. The van der Waals surface area contributed by atoms with Crippen LogP contribution < -0.4 is 0 Å². The Labute approximate surface area is 146 Å². The number of aliphatic carboxylic acids is 1. The number of carboxylic acid groups (broad SMARTS) is 1. The monoisotopic (exact) mass is 357 g/mol. The van der Waals surface area contributed by atoms with Gasteiger partial charge in [0, 0.05) is 29.4 Å². The maximum Gasteiger partial charge on any atom is 0.328 e. The molecule has 0 radical (unpaired) electrons. The van der Waals surface area contributed by atoms with Crippen molar-refractivity contribution in [1.29, 1.82) is 0 Å². The molecule has 23 heavy (non-hydrogen) atoms. The molecule has 1 fully saturated rings. The van der Waals surface area contributed by atoms with Crippen molar-refractivity contribution in [1.82, 2.24) is 4.90 Å². The second kappa shape index (κ2) is 8.96. The molecule has 1 unspecified atom stereocenters. The molecule has 1 N–H and O–H groups in total. The average Bonchev–Trinajstić information content (AvgIpc) is 2.53. The van der Waals surface area contributed by atoms with Gasteiger partial charge in [-0.1, -0.05) is 36.9 Å². The normalized spacial score (nSPS) is 22.9. The highest BCUT2D eigenvalue weighted by Gasteiger charge is 2.34. The zero-order chi connectivity index (χ0) is 17.6. The van der Waals surface area contributed by atoms with Crippen molar-refractivity contribution in [2.24, 2.45) is 0 Å². The van der Waals surface area contributed by atoms with Crippen molar-refractivity contribution in [2.75, 3.05) is 20.2 Å². The molecule has 0 amide bonds.